The SMILES string of the molecule is C[C@H]1CN(C(CN2CCCCC2)=Nc2ccc(NC(=O)CCc3ccc(Cl)cc3Cl)cc2)CCN1. The maximum absolute atomic E-state index is 12.5. The first-order valence-electron chi connectivity index (χ1n) is 12.6. The number of rotatable bonds is 7. The molecule has 35 heavy (non-hydrogen) atoms. The highest BCUT2D eigenvalue weighted by Gasteiger charge is 2.22. The Morgan fingerprint density at radius 1 is 1.09 bits per heavy atom. The van der Waals surface area contributed by atoms with Crippen molar-refractivity contribution >= 4 is 46.3 Å². The zero-order valence-electron chi connectivity index (χ0n) is 20.4. The molecule has 2 heterocycles. The quantitative estimate of drug-likeness (QED) is 0.384. The number of piperidine rings is 1. The summed E-state index contributed by atoms with van der Waals surface area (Å²) in [6.45, 7) is 8.33. The highest BCUT2D eigenvalue weighted by molar-refractivity contribution is 6.35. The molecule has 2 saturated heterocycles. The minimum Gasteiger partial charge on any atom is -0.356 e. The first-order valence-corrected chi connectivity index (χ1v) is 13.3. The van der Waals surface area contributed by atoms with Crippen molar-refractivity contribution in [3.8, 4) is 0 Å². The number of nitrogens with zero attached hydrogens (tertiary/aromatic N) is 3. The number of hydrogen-bond donors (Lipinski definition) is 2. The number of carbonyl (C=O) groups excluding carboxylic acids is 1. The van der Waals surface area contributed by atoms with Gasteiger partial charge in [0.2, 0.25) is 5.91 Å². The van der Waals surface area contributed by atoms with Crippen molar-refractivity contribution in [1.82, 2.24) is 15.1 Å². The van der Waals surface area contributed by atoms with Crippen LogP contribution in [0.2, 0.25) is 10.0 Å². The average Bonchev–Trinajstić information content (AvgIpc) is 2.85. The van der Waals surface area contributed by atoms with Gasteiger partial charge >= 0.3 is 0 Å². The van der Waals surface area contributed by atoms with Crippen molar-refractivity contribution < 1.29 is 4.79 Å². The molecule has 2 fully saturated rings. The van der Waals surface area contributed by atoms with Crippen molar-refractivity contribution in [3.05, 3.63) is 58.1 Å². The molecule has 1 amide bonds. The number of likely N-dealkylation sites (tertiary alicyclic amines) is 1. The van der Waals surface area contributed by atoms with E-state index in [0.717, 1.165) is 62.0 Å². The minimum atomic E-state index is -0.0483. The topological polar surface area (TPSA) is 60.0 Å². The highest BCUT2D eigenvalue weighted by Crippen LogP contribution is 2.23. The molecule has 0 spiro atoms. The summed E-state index contributed by atoms with van der Waals surface area (Å²) < 4.78 is 0. The number of halogens is 2. The second-order valence-electron chi connectivity index (χ2n) is 9.50. The fourth-order valence-corrected chi connectivity index (χ4v) is 5.16. The molecule has 2 aliphatic rings. The van der Waals surface area contributed by atoms with E-state index in [4.69, 9.17) is 28.2 Å². The van der Waals surface area contributed by atoms with Gasteiger partial charge in [-0.25, -0.2) is 4.99 Å². The number of carbonyl (C=O) groups is 1. The Hall–Kier alpha value is -2.12. The fraction of sp³-hybridized carbons (Fsp3) is 0.481. The van der Waals surface area contributed by atoms with Gasteiger partial charge in [0.25, 0.3) is 0 Å². The summed E-state index contributed by atoms with van der Waals surface area (Å²) >= 11 is 12.2. The summed E-state index contributed by atoms with van der Waals surface area (Å²) in [5, 5.41) is 7.68. The number of nitrogens with one attached hydrogen (secondary N) is 2. The molecule has 2 aromatic rings. The molecule has 0 saturated carbocycles. The first-order chi connectivity index (χ1) is 17.0. The van der Waals surface area contributed by atoms with E-state index in [1.165, 1.54) is 19.3 Å². The Kier molecular flexibility index (Phi) is 9.44. The van der Waals surface area contributed by atoms with Crippen molar-refractivity contribution in [3.63, 3.8) is 0 Å². The number of piperazine rings is 1. The second-order valence-corrected chi connectivity index (χ2v) is 10.3. The van der Waals surface area contributed by atoms with E-state index in [1.807, 2.05) is 30.3 Å². The Morgan fingerprint density at radius 3 is 2.57 bits per heavy atom. The van der Waals surface area contributed by atoms with Gasteiger partial charge in [0.15, 0.2) is 0 Å². The number of anilines is 1. The van der Waals surface area contributed by atoms with Crippen molar-refractivity contribution in [2.75, 3.05) is 44.6 Å². The van der Waals surface area contributed by atoms with Crippen LogP contribution in [0.5, 0.6) is 0 Å². The molecule has 1 atom stereocenters. The molecule has 2 N–H and O–H groups in total. The second kappa shape index (κ2) is 12.7. The van der Waals surface area contributed by atoms with E-state index in [0.29, 0.717) is 28.9 Å². The zero-order valence-corrected chi connectivity index (χ0v) is 21.9. The van der Waals surface area contributed by atoms with Crippen LogP contribution in [0, 0.1) is 0 Å². The lowest BCUT2D eigenvalue weighted by atomic mass is 10.1. The van der Waals surface area contributed by atoms with E-state index in [-0.39, 0.29) is 5.91 Å². The van der Waals surface area contributed by atoms with Crippen LogP contribution in [0.4, 0.5) is 11.4 Å². The van der Waals surface area contributed by atoms with Crippen LogP contribution in [0.15, 0.2) is 47.5 Å². The van der Waals surface area contributed by atoms with Gasteiger partial charge < -0.3 is 15.5 Å². The molecule has 6 nitrogen and oxygen atoms in total. The normalized spacial score (nSPS) is 19.6. The Balaban J connectivity index is 1.38. The number of hydrogen-bond acceptors (Lipinski definition) is 4. The van der Waals surface area contributed by atoms with Gasteiger partial charge in [0.05, 0.1) is 12.2 Å². The zero-order chi connectivity index (χ0) is 24.6. The molecule has 2 aliphatic heterocycles. The van der Waals surface area contributed by atoms with Crippen molar-refractivity contribution in [1.29, 1.82) is 0 Å². The molecule has 188 valence electrons. The Bertz CT molecular complexity index is 1020. The Morgan fingerprint density at radius 2 is 1.86 bits per heavy atom. The third-order valence-corrected chi connectivity index (χ3v) is 7.18. The molecule has 0 bridgehead atoms. The van der Waals surface area contributed by atoms with E-state index >= 15 is 0 Å². The van der Waals surface area contributed by atoms with Crippen LogP contribution in [0.3, 0.4) is 0 Å². The average molecular weight is 517 g/mol. The van der Waals surface area contributed by atoms with Crippen LogP contribution < -0.4 is 10.6 Å². The molecule has 4 rings (SSSR count). The lowest BCUT2D eigenvalue weighted by Crippen LogP contribution is -2.53. The van der Waals surface area contributed by atoms with E-state index in [1.54, 1.807) is 12.1 Å². The summed E-state index contributed by atoms with van der Waals surface area (Å²) in [5.41, 5.74) is 2.60. The molecular formula is C27H35Cl2N5O. The molecule has 2 aromatic carbocycles. The van der Waals surface area contributed by atoms with Gasteiger partial charge in [0.1, 0.15) is 5.84 Å². The predicted molar refractivity (Wildman–Crippen MR) is 146 cm³/mol. The lowest BCUT2D eigenvalue weighted by Gasteiger charge is -2.37. The van der Waals surface area contributed by atoms with Crippen LogP contribution in [-0.2, 0) is 11.2 Å². The van der Waals surface area contributed by atoms with Gasteiger partial charge in [-0.05, 0) is 81.2 Å². The Labute approximate surface area is 218 Å². The van der Waals surface area contributed by atoms with Crippen LogP contribution in [0.25, 0.3) is 0 Å². The lowest BCUT2D eigenvalue weighted by molar-refractivity contribution is -0.116. The van der Waals surface area contributed by atoms with Gasteiger partial charge in [-0.15, -0.1) is 0 Å². The van der Waals surface area contributed by atoms with Gasteiger partial charge in [-0.2, -0.15) is 0 Å². The molecule has 0 radical (unpaired) electrons. The van der Waals surface area contributed by atoms with Gasteiger partial charge in [-0.1, -0.05) is 35.7 Å². The fourth-order valence-electron chi connectivity index (χ4n) is 4.65. The largest absolute Gasteiger partial charge is 0.356 e. The van der Waals surface area contributed by atoms with E-state index in [9.17, 15) is 4.79 Å². The summed E-state index contributed by atoms with van der Waals surface area (Å²) in [4.78, 5) is 22.5. The van der Waals surface area contributed by atoms with Crippen LogP contribution in [0.1, 0.15) is 38.2 Å². The molecule has 0 aliphatic carbocycles. The van der Waals surface area contributed by atoms with Crippen molar-refractivity contribution in [2.45, 2.75) is 45.1 Å². The van der Waals surface area contributed by atoms with E-state index < -0.39 is 0 Å². The van der Waals surface area contributed by atoms with Gasteiger partial charge in [-0.3, -0.25) is 9.69 Å². The maximum Gasteiger partial charge on any atom is 0.224 e. The van der Waals surface area contributed by atoms with Crippen molar-refractivity contribution in [2.24, 2.45) is 4.99 Å². The third kappa shape index (κ3) is 7.94. The van der Waals surface area contributed by atoms with Crippen LogP contribution in [-0.4, -0.2) is 66.9 Å². The van der Waals surface area contributed by atoms with Crippen LogP contribution >= 0.6 is 23.2 Å². The molecule has 0 unspecified atom stereocenters. The summed E-state index contributed by atoms with van der Waals surface area (Å²) in [6, 6.07) is 13.6. The van der Waals surface area contributed by atoms with E-state index in [2.05, 4.69) is 27.4 Å². The molecule has 8 heteroatoms. The number of aryl methyl sites for hydroxylation is 1. The summed E-state index contributed by atoms with van der Waals surface area (Å²) in [7, 11) is 0. The standard InChI is InChI=1S/C27H35Cl2N5O/c1-20-18-34(16-13-30-20)26(19-33-14-3-2-4-15-33)31-23-8-10-24(11-9-23)32-27(35)12-6-21-5-7-22(28)17-25(21)29/h5,7-11,17,20,30H,2-4,6,12-16,18-19H2,1H3,(H,32,35)/t20-/m0/s1. The predicted octanol–water partition coefficient (Wildman–Crippen LogP) is 5.37. The summed E-state index contributed by atoms with van der Waals surface area (Å²) in [6.07, 6.45) is 4.77. The maximum atomic E-state index is 12.5. The monoisotopic (exact) mass is 515 g/mol. The first kappa shape index (κ1) is 26.0. The smallest absolute Gasteiger partial charge is 0.224 e. The minimum absolute atomic E-state index is 0.0483. The van der Waals surface area contributed by atoms with Gasteiger partial charge in [0, 0.05) is 47.8 Å². The number of amidine groups is 1. The number of aliphatic imine (C=N–C) groups is 1. The highest BCUT2D eigenvalue weighted by atomic mass is 35.5. The number of amides is 1. The summed E-state index contributed by atoms with van der Waals surface area (Å²) in [5.74, 6) is 1.09. The third-order valence-electron chi connectivity index (χ3n) is 6.59. The molecular weight excluding hydrogens is 481 g/mol. The number of benzene rings is 2. The molecule has 0 aromatic heterocycles.